The molecule has 0 aromatic heterocycles. The zero-order valence-electron chi connectivity index (χ0n) is 25.6. The molecule has 44 heavy (non-hydrogen) atoms. The van der Waals surface area contributed by atoms with E-state index in [1.54, 1.807) is 19.1 Å². The molecule has 234 valence electrons. The van der Waals surface area contributed by atoms with Crippen LogP contribution in [0.15, 0.2) is 96.2 Å². The summed E-state index contributed by atoms with van der Waals surface area (Å²) >= 11 is 0. The topological polar surface area (TPSA) is 62.4 Å². The highest BCUT2D eigenvalue weighted by atomic mass is 19.4. The van der Waals surface area contributed by atoms with Gasteiger partial charge in [-0.25, -0.2) is 0 Å². The first-order valence-electron chi connectivity index (χ1n) is 15.4. The summed E-state index contributed by atoms with van der Waals surface area (Å²) in [4.78, 5) is 13.6. The SMILES string of the molecule is CC/C=C(/C=C(\Nc1cccc(CC)c1)C(=O)Nc1cccc(C(NCC2CC2)c2ccc(OCCC)cc2)c1)C(F)(F)F. The molecule has 0 aliphatic heterocycles. The zero-order valence-corrected chi connectivity index (χ0v) is 25.6. The summed E-state index contributed by atoms with van der Waals surface area (Å²) in [5, 5.41) is 9.45. The van der Waals surface area contributed by atoms with Crippen LogP contribution in [0.3, 0.4) is 0 Å². The monoisotopic (exact) mass is 605 g/mol. The number of halogens is 3. The number of alkyl halides is 3. The highest BCUT2D eigenvalue weighted by Gasteiger charge is 2.33. The van der Waals surface area contributed by atoms with Crippen LogP contribution < -0.4 is 20.7 Å². The Balaban J connectivity index is 1.62. The molecule has 1 aliphatic carbocycles. The lowest BCUT2D eigenvalue weighted by Gasteiger charge is -2.21. The second kappa shape index (κ2) is 15.6. The second-order valence-corrected chi connectivity index (χ2v) is 11.1. The zero-order chi connectivity index (χ0) is 31.5. The Morgan fingerprint density at radius 3 is 2.27 bits per heavy atom. The quantitative estimate of drug-likeness (QED) is 0.120. The molecule has 1 unspecified atom stereocenters. The van der Waals surface area contributed by atoms with Gasteiger partial charge in [0, 0.05) is 11.4 Å². The van der Waals surface area contributed by atoms with Gasteiger partial charge in [-0.05, 0) is 104 Å². The molecule has 5 nitrogen and oxygen atoms in total. The lowest BCUT2D eigenvalue weighted by atomic mass is 9.97. The Morgan fingerprint density at radius 1 is 0.932 bits per heavy atom. The number of aryl methyl sites for hydroxylation is 1. The molecular formula is C36H42F3N3O2. The Kier molecular flexibility index (Phi) is 11.7. The molecule has 3 aromatic carbocycles. The molecule has 1 fully saturated rings. The number of benzene rings is 3. The van der Waals surface area contributed by atoms with Crippen LogP contribution in [0.1, 0.15) is 69.2 Å². The number of allylic oxidation sites excluding steroid dienone is 3. The summed E-state index contributed by atoms with van der Waals surface area (Å²) < 4.78 is 47.3. The van der Waals surface area contributed by atoms with Crippen LogP contribution in [0.25, 0.3) is 0 Å². The first-order chi connectivity index (χ1) is 21.2. The molecule has 3 aromatic rings. The van der Waals surface area contributed by atoms with Crippen LogP contribution in [-0.4, -0.2) is 25.2 Å². The molecule has 0 radical (unpaired) electrons. The number of carbonyl (C=O) groups is 1. The number of rotatable bonds is 15. The van der Waals surface area contributed by atoms with E-state index in [-0.39, 0.29) is 18.2 Å². The smallest absolute Gasteiger partial charge is 0.416 e. The molecule has 1 aliphatic rings. The number of ether oxygens (including phenoxy) is 1. The minimum absolute atomic E-state index is 0.137. The number of nitrogens with one attached hydrogen (secondary N) is 3. The Hall–Kier alpha value is -4.04. The third kappa shape index (κ3) is 9.74. The van der Waals surface area contributed by atoms with E-state index >= 15 is 0 Å². The first-order valence-corrected chi connectivity index (χ1v) is 15.4. The summed E-state index contributed by atoms with van der Waals surface area (Å²) in [6.45, 7) is 7.20. The van der Waals surface area contributed by atoms with Crippen molar-refractivity contribution in [3.05, 3.63) is 113 Å². The van der Waals surface area contributed by atoms with Crippen LogP contribution in [0.2, 0.25) is 0 Å². The van der Waals surface area contributed by atoms with E-state index in [1.165, 1.54) is 12.8 Å². The van der Waals surface area contributed by atoms with Crippen molar-refractivity contribution in [1.82, 2.24) is 5.32 Å². The highest BCUT2D eigenvalue weighted by Crippen LogP contribution is 2.32. The lowest BCUT2D eigenvalue weighted by Crippen LogP contribution is -2.25. The van der Waals surface area contributed by atoms with Crippen molar-refractivity contribution >= 4 is 17.3 Å². The fraction of sp³-hybridized carbons (Fsp3) is 0.361. The maximum absolute atomic E-state index is 13.9. The number of hydrogen-bond donors (Lipinski definition) is 3. The molecular weight excluding hydrogens is 563 g/mol. The fourth-order valence-electron chi connectivity index (χ4n) is 4.82. The molecule has 0 spiro atoms. The van der Waals surface area contributed by atoms with Gasteiger partial charge in [0.2, 0.25) is 0 Å². The third-order valence-corrected chi connectivity index (χ3v) is 7.38. The predicted molar refractivity (Wildman–Crippen MR) is 172 cm³/mol. The summed E-state index contributed by atoms with van der Waals surface area (Å²) in [6.07, 6.45) is 1.61. The van der Waals surface area contributed by atoms with Gasteiger partial charge in [-0.3, -0.25) is 4.79 Å². The van der Waals surface area contributed by atoms with Gasteiger partial charge >= 0.3 is 6.18 Å². The molecule has 0 bridgehead atoms. The fourth-order valence-corrected chi connectivity index (χ4v) is 4.82. The molecule has 3 N–H and O–H groups in total. The van der Waals surface area contributed by atoms with Gasteiger partial charge in [0.15, 0.2) is 0 Å². The third-order valence-electron chi connectivity index (χ3n) is 7.38. The van der Waals surface area contributed by atoms with Crippen molar-refractivity contribution in [1.29, 1.82) is 0 Å². The minimum Gasteiger partial charge on any atom is -0.494 e. The van der Waals surface area contributed by atoms with E-state index in [4.69, 9.17) is 4.74 Å². The van der Waals surface area contributed by atoms with Crippen LogP contribution in [0.4, 0.5) is 24.5 Å². The average molecular weight is 606 g/mol. The van der Waals surface area contributed by atoms with Crippen molar-refractivity contribution in [3.8, 4) is 5.75 Å². The van der Waals surface area contributed by atoms with Gasteiger partial charge in [0.1, 0.15) is 11.4 Å². The molecule has 0 heterocycles. The van der Waals surface area contributed by atoms with Crippen LogP contribution in [0, 0.1) is 5.92 Å². The first kappa shape index (κ1) is 32.9. The maximum Gasteiger partial charge on any atom is 0.416 e. The average Bonchev–Trinajstić information content (AvgIpc) is 3.84. The second-order valence-electron chi connectivity index (χ2n) is 11.1. The van der Waals surface area contributed by atoms with Crippen molar-refractivity contribution in [2.24, 2.45) is 5.92 Å². The number of anilines is 2. The van der Waals surface area contributed by atoms with Gasteiger partial charge < -0.3 is 20.7 Å². The Bertz CT molecular complexity index is 1440. The normalized spacial score (nSPS) is 14.7. The van der Waals surface area contributed by atoms with Crippen LogP contribution in [0.5, 0.6) is 5.75 Å². The predicted octanol–water partition coefficient (Wildman–Crippen LogP) is 8.96. The Morgan fingerprint density at radius 2 is 1.64 bits per heavy atom. The summed E-state index contributed by atoms with van der Waals surface area (Å²) in [7, 11) is 0. The largest absolute Gasteiger partial charge is 0.494 e. The van der Waals surface area contributed by atoms with Crippen molar-refractivity contribution in [2.45, 2.75) is 65.1 Å². The van der Waals surface area contributed by atoms with E-state index in [9.17, 15) is 18.0 Å². The van der Waals surface area contributed by atoms with Gasteiger partial charge in [0.05, 0.1) is 18.2 Å². The molecule has 8 heteroatoms. The van der Waals surface area contributed by atoms with E-state index in [2.05, 4.69) is 22.9 Å². The summed E-state index contributed by atoms with van der Waals surface area (Å²) in [5.41, 5.74) is 2.92. The van der Waals surface area contributed by atoms with Crippen LogP contribution in [-0.2, 0) is 11.2 Å². The van der Waals surface area contributed by atoms with E-state index in [0.717, 1.165) is 54.0 Å². The maximum atomic E-state index is 13.9. The molecule has 0 saturated heterocycles. The van der Waals surface area contributed by atoms with E-state index in [0.29, 0.717) is 23.9 Å². The molecule has 1 amide bonds. The molecule has 4 rings (SSSR count). The van der Waals surface area contributed by atoms with Crippen molar-refractivity contribution < 1.29 is 22.7 Å². The van der Waals surface area contributed by atoms with Gasteiger partial charge in [0.25, 0.3) is 5.91 Å². The Labute approximate surface area is 258 Å². The van der Waals surface area contributed by atoms with Gasteiger partial charge in [-0.15, -0.1) is 0 Å². The number of hydrogen-bond acceptors (Lipinski definition) is 4. The molecule has 1 saturated carbocycles. The summed E-state index contributed by atoms with van der Waals surface area (Å²) in [6, 6.07) is 22.6. The highest BCUT2D eigenvalue weighted by molar-refractivity contribution is 6.06. The van der Waals surface area contributed by atoms with Gasteiger partial charge in [-0.1, -0.05) is 63.2 Å². The van der Waals surface area contributed by atoms with Crippen molar-refractivity contribution in [3.63, 3.8) is 0 Å². The van der Waals surface area contributed by atoms with Crippen molar-refractivity contribution in [2.75, 3.05) is 23.8 Å². The number of amides is 1. The number of carbonyl (C=O) groups excluding carboxylic acids is 1. The van der Waals surface area contributed by atoms with Crippen LogP contribution >= 0.6 is 0 Å². The van der Waals surface area contributed by atoms with E-state index in [1.807, 2.05) is 67.6 Å². The minimum atomic E-state index is -4.61. The molecule has 1 atom stereocenters. The standard InChI is InChI=1S/C36H42F3N3O2/c1-4-9-29(36(37,38)39)23-33(41-30-12-7-10-25(6-3)21-30)35(43)42-31-13-8-11-28(22-31)34(40-24-26-14-15-26)27-16-18-32(19-17-27)44-20-5-2/h7-13,16-19,21-23,26,34,40-41H,4-6,14-15,20,24H2,1-3H3,(H,42,43)/b29-9-,33-23-. The lowest BCUT2D eigenvalue weighted by molar-refractivity contribution is -0.112. The van der Waals surface area contributed by atoms with Gasteiger partial charge in [-0.2, -0.15) is 13.2 Å². The summed E-state index contributed by atoms with van der Waals surface area (Å²) in [5.74, 6) is 0.788. The van der Waals surface area contributed by atoms with E-state index < -0.39 is 17.7 Å².